The third kappa shape index (κ3) is 1.98. The highest BCUT2D eigenvalue weighted by Gasteiger charge is 2.73. The summed E-state index contributed by atoms with van der Waals surface area (Å²) in [7, 11) is 0. The summed E-state index contributed by atoms with van der Waals surface area (Å²) in [4.78, 5) is 37.1. The van der Waals surface area contributed by atoms with Gasteiger partial charge in [-0.05, 0) is 34.9 Å². The maximum atomic E-state index is 13.4. The third-order valence-electron chi connectivity index (χ3n) is 5.41. The van der Waals surface area contributed by atoms with Crippen LogP contribution in [-0.4, -0.2) is 16.8 Å². The van der Waals surface area contributed by atoms with Crippen LogP contribution in [-0.2, 0) is 16.1 Å². The largest absolute Gasteiger partial charge is 0.454 e. The van der Waals surface area contributed by atoms with Crippen LogP contribution in [0.25, 0.3) is 0 Å². The first-order chi connectivity index (χ1) is 13.2. The molecule has 144 valence electrons. The van der Waals surface area contributed by atoms with E-state index in [2.05, 4.69) is 10.5 Å². The van der Waals surface area contributed by atoms with Gasteiger partial charge in [-0.15, -0.1) is 4.91 Å². The molecule has 1 aliphatic carbocycles. The summed E-state index contributed by atoms with van der Waals surface area (Å²) in [5, 5.41) is 17.0. The number of hydrogen-bond acceptors (Lipinski definition) is 7. The van der Waals surface area contributed by atoms with E-state index < -0.39 is 23.0 Å². The predicted octanol–water partition coefficient (Wildman–Crippen LogP) is 2.75. The number of ether oxygens (including phenoxy) is 1. The molecule has 0 aromatic heterocycles. The number of nitroso groups, excluding NO2 is 1. The summed E-state index contributed by atoms with van der Waals surface area (Å²) >= 11 is 0. The van der Waals surface area contributed by atoms with Gasteiger partial charge in [-0.3, -0.25) is 9.59 Å². The van der Waals surface area contributed by atoms with Crippen molar-refractivity contribution in [2.24, 2.45) is 5.18 Å². The number of benzene rings is 2. The lowest BCUT2D eigenvalue weighted by Crippen LogP contribution is -2.47. The Balaban J connectivity index is 2.00. The van der Waals surface area contributed by atoms with Crippen LogP contribution in [0.15, 0.2) is 35.5 Å². The van der Waals surface area contributed by atoms with Crippen molar-refractivity contribution in [2.75, 3.05) is 11.1 Å². The topological polar surface area (TPSA) is 131 Å². The fourth-order valence-electron chi connectivity index (χ4n) is 4.00. The Kier molecular flexibility index (Phi) is 3.64. The van der Waals surface area contributed by atoms with E-state index in [1.54, 1.807) is 18.2 Å². The Bertz CT molecular complexity index is 1060. The summed E-state index contributed by atoms with van der Waals surface area (Å²) in [6, 6.07) is 7.89. The fraction of sp³-hybridized carbons (Fsp3) is 0.300. The Labute approximate surface area is 160 Å². The molecule has 0 spiro atoms. The molecule has 2 unspecified atom stereocenters. The number of Topliss-reactive ketones (excluding diaryl/α,β-unsaturated/α-hetero) is 1. The average molecular weight is 381 g/mol. The van der Waals surface area contributed by atoms with E-state index in [0.29, 0.717) is 0 Å². The Morgan fingerprint density at radius 1 is 1.25 bits per heavy atom. The van der Waals surface area contributed by atoms with Gasteiger partial charge < -0.3 is 20.9 Å². The standard InChI is InChI=1S/C20H19N3O5/c1-9(2)11-4-5-12-15(8-11)28-20(26)13-6-7-14(21)17(22-10(3)24)16(13)18(25)19(12,20)23-27/h4-9,26H,21H2,1-3H3,(H,22,24). The molecular formula is C20H19N3O5. The lowest BCUT2D eigenvalue weighted by atomic mass is 9.83. The molecule has 8 heteroatoms. The molecular weight excluding hydrogens is 362 g/mol. The van der Waals surface area contributed by atoms with Crippen LogP contribution in [0, 0.1) is 4.91 Å². The fourth-order valence-corrected chi connectivity index (χ4v) is 4.00. The van der Waals surface area contributed by atoms with Crippen molar-refractivity contribution in [3.05, 3.63) is 57.5 Å². The number of nitrogen functional groups attached to an aromatic ring is 1. The minimum atomic E-state index is -2.32. The number of carbonyl (C=O) groups excluding carboxylic acids is 2. The zero-order valence-electron chi connectivity index (χ0n) is 15.6. The highest BCUT2D eigenvalue weighted by atomic mass is 16.6. The highest BCUT2D eigenvalue weighted by Crippen LogP contribution is 2.61. The van der Waals surface area contributed by atoms with Crippen molar-refractivity contribution in [3.8, 4) is 5.75 Å². The van der Waals surface area contributed by atoms with Crippen molar-refractivity contribution in [2.45, 2.75) is 38.0 Å². The van der Waals surface area contributed by atoms with Gasteiger partial charge in [0.05, 0.1) is 16.9 Å². The number of ketones is 1. The first-order valence-electron chi connectivity index (χ1n) is 8.83. The third-order valence-corrected chi connectivity index (χ3v) is 5.41. The summed E-state index contributed by atoms with van der Waals surface area (Å²) in [6.07, 6.45) is 0. The van der Waals surface area contributed by atoms with Crippen molar-refractivity contribution in [1.82, 2.24) is 0 Å². The number of anilines is 2. The number of carbonyl (C=O) groups is 2. The number of nitrogens with one attached hydrogen (secondary N) is 1. The number of nitrogens with two attached hydrogens (primary N) is 1. The van der Waals surface area contributed by atoms with E-state index in [1.165, 1.54) is 19.1 Å². The lowest BCUT2D eigenvalue weighted by Gasteiger charge is -2.27. The van der Waals surface area contributed by atoms with Gasteiger partial charge in [0.1, 0.15) is 5.75 Å². The maximum absolute atomic E-state index is 13.4. The normalized spacial score (nSPS) is 24.4. The van der Waals surface area contributed by atoms with Crippen LogP contribution in [0.1, 0.15) is 53.7 Å². The van der Waals surface area contributed by atoms with Crippen LogP contribution in [0.5, 0.6) is 5.75 Å². The van der Waals surface area contributed by atoms with E-state index >= 15 is 0 Å². The van der Waals surface area contributed by atoms with Gasteiger partial charge >= 0.3 is 0 Å². The molecule has 0 bridgehead atoms. The molecule has 1 aliphatic heterocycles. The number of hydrogen-bond donors (Lipinski definition) is 3. The molecule has 2 aliphatic rings. The second kappa shape index (κ2) is 5.62. The van der Waals surface area contributed by atoms with Crippen molar-refractivity contribution >= 4 is 23.1 Å². The summed E-state index contributed by atoms with van der Waals surface area (Å²) in [6.45, 7) is 5.24. The molecule has 0 saturated carbocycles. The molecule has 28 heavy (non-hydrogen) atoms. The minimum absolute atomic E-state index is 0.0322. The van der Waals surface area contributed by atoms with Gasteiger partial charge in [0, 0.05) is 18.1 Å². The summed E-state index contributed by atoms with van der Waals surface area (Å²) < 4.78 is 5.79. The number of amides is 1. The van der Waals surface area contributed by atoms with Crippen molar-refractivity contribution < 1.29 is 19.4 Å². The Hall–Kier alpha value is -3.26. The van der Waals surface area contributed by atoms with Gasteiger partial charge in [0.15, 0.2) is 0 Å². The van der Waals surface area contributed by atoms with Crippen LogP contribution >= 0.6 is 0 Å². The average Bonchev–Trinajstić information content (AvgIpc) is 3.00. The highest BCUT2D eigenvalue weighted by molar-refractivity contribution is 6.17. The summed E-state index contributed by atoms with van der Waals surface area (Å²) in [5.41, 5.74) is 4.96. The van der Waals surface area contributed by atoms with Gasteiger partial charge in [-0.2, -0.15) is 0 Å². The molecule has 2 atom stereocenters. The maximum Gasteiger partial charge on any atom is 0.276 e. The molecule has 8 nitrogen and oxygen atoms in total. The summed E-state index contributed by atoms with van der Waals surface area (Å²) in [5.74, 6) is -3.14. The van der Waals surface area contributed by atoms with E-state index in [-0.39, 0.29) is 39.7 Å². The lowest BCUT2D eigenvalue weighted by molar-refractivity contribution is -0.162. The van der Waals surface area contributed by atoms with E-state index in [9.17, 15) is 19.6 Å². The molecule has 4 N–H and O–H groups in total. The first kappa shape index (κ1) is 18.1. The number of fused-ring (bicyclic) bond motifs is 5. The van der Waals surface area contributed by atoms with Gasteiger partial charge in [0.2, 0.25) is 11.7 Å². The van der Waals surface area contributed by atoms with E-state index in [0.717, 1.165) is 5.56 Å². The number of rotatable bonds is 3. The number of nitrogens with zero attached hydrogens (tertiary/aromatic N) is 1. The van der Waals surface area contributed by atoms with Crippen LogP contribution in [0.3, 0.4) is 0 Å². The Morgan fingerprint density at radius 2 is 1.93 bits per heavy atom. The van der Waals surface area contributed by atoms with Gasteiger partial charge in [-0.1, -0.05) is 26.0 Å². The zero-order valence-corrected chi connectivity index (χ0v) is 15.6. The van der Waals surface area contributed by atoms with Crippen LogP contribution in [0.4, 0.5) is 11.4 Å². The van der Waals surface area contributed by atoms with Crippen molar-refractivity contribution in [1.29, 1.82) is 0 Å². The molecule has 2 aromatic rings. The van der Waals surface area contributed by atoms with Gasteiger partial charge in [-0.25, -0.2) is 0 Å². The van der Waals surface area contributed by atoms with E-state index in [1.807, 2.05) is 13.8 Å². The first-order valence-corrected chi connectivity index (χ1v) is 8.83. The van der Waals surface area contributed by atoms with E-state index in [4.69, 9.17) is 10.5 Å². The predicted molar refractivity (Wildman–Crippen MR) is 102 cm³/mol. The number of aliphatic hydroxyl groups is 1. The molecule has 1 amide bonds. The SMILES string of the molecule is CC(=O)Nc1c(N)ccc2c1C(=O)C1(N=O)c3ccc(C(C)C)cc3OC21O. The molecule has 0 radical (unpaired) electrons. The van der Waals surface area contributed by atoms with Crippen LogP contribution in [0.2, 0.25) is 0 Å². The quantitative estimate of drug-likeness (QED) is 0.553. The minimum Gasteiger partial charge on any atom is -0.454 e. The Morgan fingerprint density at radius 3 is 2.54 bits per heavy atom. The van der Waals surface area contributed by atoms with Crippen molar-refractivity contribution in [3.63, 3.8) is 0 Å². The second-order valence-corrected chi connectivity index (χ2v) is 7.42. The molecule has 4 rings (SSSR count). The van der Waals surface area contributed by atoms with Crippen LogP contribution < -0.4 is 15.8 Å². The molecule has 0 fully saturated rings. The zero-order chi connectivity index (χ0) is 20.4. The monoisotopic (exact) mass is 381 g/mol. The molecule has 2 aromatic carbocycles. The smallest absolute Gasteiger partial charge is 0.276 e. The van der Waals surface area contributed by atoms with Gasteiger partial charge in [0.25, 0.3) is 11.3 Å². The molecule has 1 heterocycles. The molecule has 0 saturated heterocycles. The second-order valence-electron chi connectivity index (χ2n) is 7.42.